The van der Waals surface area contributed by atoms with E-state index in [-0.39, 0.29) is 0 Å². The molecule has 1 unspecified atom stereocenters. The van der Waals surface area contributed by atoms with Crippen LogP contribution in [-0.2, 0) is 6.54 Å². The predicted molar refractivity (Wildman–Crippen MR) is 74.6 cm³/mol. The zero-order valence-corrected chi connectivity index (χ0v) is 11.5. The molecule has 2 heterocycles. The van der Waals surface area contributed by atoms with E-state index >= 15 is 0 Å². The molecule has 0 aliphatic carbocycles. The van der Waals surface area contributed by atoms with Gasteiger partial charge in [-0.1, -0.05) is 20.3 Å². The Balaban J connectivity index is 1.96. The van der Waals surface area contributed by atoms with Crippen LogP contribution < -0.4 is 10.2 Å². The third kappa shape index (κ3) is 3.42. The summed E-state index contributed by atoms with van der Waals surface area (Å²) in [5.41, 5.74) is 1.04. The molecule has 0 saturated carbocycles. The molecule has 18 heavy (non-hydrogen) atoms. The van der Waals surface area contributed by atoms with Gasteiger partial charge in [-0.2, -0.15) is 0 Å². The van der Waals surface area contributed by atoms with Crippen LogP contribution in [0.15, 0.2) is 12.4 Å². The average Bonchev–Trinajstić information content (AvgIpc) is 2.86. The largest absolute Gasteiger partial charge is 0.355 e. The van der Waals surface area contributed by atoms with Gasteiger partial charge in [0.2, 0.25) is 0 Å². The second-order valence-corrected chi connectivity index (χ2v) is 5.04. The molecule has 1 saturated heterocycles. The summed E-state index contributed by atoms with van der Waals surface area (Å²) in [7, 11) is 0. The van der Waals surface area contributed by atoms with Crippen LogP contribution in [-0.4, -0.2) is 29.6 Å². The Morgan fingerprint density at radius 2 is 2.28 bits per heavy atom. The van der Waals surface area contributed by atoms with Crippen molar-refractivity contribution in [3.8, 4) is 0 Å². The second kappa shape index (κ2) is 6.69. The van der Waals surface area contributed by atoms with Gasteiger partial charge in [0.1, 0.15) is 5.82 Å². The Bertz CT molecular complexity index is 367. The molecule has 1 aromatic heterocycles. The minimum Gasteiger partial charge on any atom is -0.355 e. The van der Waals surface area contributed by atoms with Gasteiger partial charge in [-0.3, -0.25) is 4.98 Å². The second-order valence-electron chi connectivity index (χ2n) is 5.04. The molecule has 0 bridgehead atoms. The first-order valence-corrected chi connectivity index (χ1v) is 7.10. The molecule has 0 spiro atoms. The van der Waals surface area contributed by atoms with E-state index in [2.05, 4.69) is 34.0 Å². The van der Waals surface area contributed by atoms with Gasteiger partial charge in [-0.05, 0) is 25.3 Å². The number of rotatable bonds is 6. The van der Waals surface area contributed by atoms with Gasteiger partial charge >= 0.3 is 0 Å². The van der Waals surface area contributed by atoms with E-state index in [0.29, 0.717) is 0 Å². The van der Waals surface area contributed by atoms with Crippen LogP contribution in [0.5, 0.6) is 0 Å². The maximum absolute atomic E-state index is 4.69. The molecular formula is C14H24N4. The van der Waals surface area contributed by atoms with E-state index in [0.717, 1.165) is 43.6 Å². The molecule has 100 valence electrons. The average molecular weight is 248 g/mol. The van der Waals surface area contributed by atoms with Crippen LogP contribution in [0.1, 0.15) is 38.8 Å². The molecule has 4 nitrogen and oxygen atoms in total. The first kappa shape index (κ1) is 13.3. The Morgan fingerprint density at radius 3 is 3.06 bits per heavy atom. The molecule has 1 aliphatic rings. The molecule has 1 atom stereocenters. The van der Waals surface area contributed by atoms with E-state index in [1.54, 1.807) is 0 Å². The van der Waals surface area contributed by atoms with E-state index in [9.17, 15) is 0 Å². The van der Waals surface area contributed by atoms with E-state index in [4.69, 9.17) is 0 Å². The SMILES string of the molecule is CCCC1CCN(c2cncc(CNCC)n2)C1. The van der Waals surface area contributed by atoms with Crippen molar-refractivity contribution in [2.75, 3.05) is 24.5 Å². The van der Waals surface area contributed by atoms with Gasteiger partial charge in [0, 0.05) is 25.8 Å². The molecule has 2 rings (SSSR count). The third-order valence-corrected chi connectivity index (χ3v) is 3.53. The lowest BCUT2D eigenvalue weighted by molar-refractivity contribution is 0.529. The van der Waals surface area contributed by atoms with Crippen molar-refractivity contribution in [2.24, 2.45) is 5.92 Å². The number of anilines is 1. The van der Waals surface area contributed by atoms with E-state index < -0.39 is 0 Å². The maximum Gasteiger partial charge on any atom is 0.147 e. The Kier molecular flexibility index (Phi) is 4.93. The van der Waals surface area contributed by atoms with Crippen LogP contribution >= 0.6 is 0 Å². The van der Waals surface area contributed by atoms with Gasteiger partial charge in [-0.15, -0.1) is 0 Å². The highest BCUT2D eigenvalue weighted by molar-refractivity contribution is 5.37. The van der Waals surface area contributed by atoms with Crippen LogP contribution in [0.3, 0.4) is 0 Å². The van der Waals surface area contributed by atoms with Gasteiger partial charge in [0.15, 0.2) is 0 Å². The third-order valence-electron chi connectivity index (χ3n) is 3.53. The van der Waals surface area contributed by atoms with Crippen molar-refractivity contribution >= 4 is 5.82 Å². The molecule has 1 aromatic rings. The lowest BCUT2D eigenvalue weighted by atomic mass is 10.0. The van der Waals surface area contributed by atoms with Crippen molar-refractivity contribution < 1.29 is 0 Å². The Labute approximate surface area is 110 Å². The Hall–Kier alpha value is -1.16. The van der Waals surface area contributed by atoms with Crippen LogP contribution in [0.2, 0.25) is 0 Å². The molecule has 4 heteroatoms. The summed E-state index contributed by atoms with van der Waals surface area (Å²) in [4.78, 5) is 11.4. The van der Waals surface area contributed by atoms with Crippen LogP contribution in [0.25, 0.3) is 0 Å². The van der Waals surface area contributed by atoms with Crippen LogP contribution in [0.4, 0.5) is 5.82 Å². The highest BCUT2D eigenvalue weighted by Gasteiger charge is 2.22. The first-order chi connectivity index (χ1) is 8.83. The normalized spacial score (nSPS) is 19.4. The smallest absolute Gasteiger partial charge is 0.147 e. The highest BCUT2D eigenvalue weighted by atomic mass is 15.2. The lowest BCUT2D eigenvalue weighted by Crippen LogP contribution is -2.22. The van der Waals surface area contributed by atoms with Gasteiger partial charge in [0.05, 0.1) is 11.9 Å². The van der Waals surface area contributed by atoms with Crippen molar-refractivity contribution in [1.29, 1.82) is 0 Å². The molecule has 0 radical (unpaired) electrons. The van der Waals surface area contributed by atoms with Crippen molar-refractivity contribution in [3.63, 3.8) is 0 Å². The minimum absolute atomic E-state index is 0.809. The number of hydrogen-bond donors (Lipinski definition) is 1. The molecular weight excluding hydrogens is 224 g/mol. The topological polar surface area (TPSA) is 41.1 Å². The predicted octanol–water partition coefficient (Wildman–Crippen LogP) is 2.21. The monoisotopic (exact) mass is 248 g/mol. The van der Waals surface area contributed by atoms with E-state index in [1.807, 2.05) is 12.4 Å². The number of hydrogen-bond acceptors (Lipinski definition) is 4. The summed E-state index contributed by atoms with van der Waals surface area (Å²) in [5, 5.41) is 3.29. The first-order valence-electron chi connectivity index (χ1n) is 7.10. The summed E-state index contributed by atoms with van der Waals surface area (Å²) < 4.78 is 0. The zero-order chi connectivity index (χ0) is 12.8. The summed E-state index contributed by atoms with van der Waals surface area (Å²) in [6.45, 7) is 8.42. The van der Waals surface area contributed by atoms with E-state index in [1.165, 1.54) is 19.3 Å². The number of nitrogens with zero attached hydrogens (tertiary/aromatic N) is 3. The fraction of sp³-hybridized carbons (Fsp3) is 0.714. The quantitative estimate of drug-likeness (QED) is 0.838. The lowest BCUT2D eigenvalue weighted by Gasteiger charge is -2.17. The standard InChI is InChI=1S/C14H24N4/c1-3-5-12-6-7-18(11-12)14-10-16-9-13(17-14)8-15-4-2/h9-10,12,15H,3-8,11H2,1-2H3. The minimum atomic E-state index is 0.809. The maximum atomic E-state index is 4.69. The molecule has 1 aliphatic heterocycles. The Morgan fingerprint density at radius 1 is 1.39 bits per heavy atom. The molecule has 1 fully saturated rings. The summed E-state index contributed by atoms with van der Waals surface area (Å²) >= 11 is 0. The van der Waals surface area contributed by atoms with Crippen molar-refractivity contribution in [1.82, 2.24) is 15.3 Å². The van der Waals surface area contributed by atoms with Gasteiger partial charge in [-0.25, -0.2) is 4.98 Å². The van der Waals surface area contributed by atoms with Gasteiger partial charge in [0.25, 0.3) is 0 Å². The van der Waals surface area contributed by atoms with Crippen molar-refractivity contribution in [3.05, 3.63) is 18.1 Å². The number of aromatic nitrogens is 2. The highest BCUT2D eigenvalue weighted by Crippen LogP contribution is 2.24. The fourth-order valence-electron chi connectivity index (χ4n) is 2.57. The summed E-state index contributed by atoms with van der Waals surface area (Å²) in [5.74, 6) is 1.89. The fourth-order valence-corrected chi connectivity index (χ4v) is 2.57. The molecule has 0 amide bonds. The number of nitrogens with one attached hydrogen (secondary N) is 1. The zero-order valence-electron chi connectivity index (χ0n) is 11.5. The van der Waals surface area contributed by atoms with Crippen molar-refractivity contribution in [2.45, 2.75) is 39.7 Å². The molecule has 1 N–H and O–H groups in total. The summed E-state index contributed by atoms with van der Waals surface area (Å²) in [6.07, 6.45) is 7.66. The van der Waals surface area contributed by atoms with Gasteiger partial charge < -0.3 is 10.2 Å². The van der Waals surface area contributed by atoms with Crippen LogP contribution in [0, 0.1) is 5.92 Å². The molecule has 0 aromatic carbocycles. The summed E-state index contributed by atoms with van der Waals surface area (Å²) in [6, 6.07) is 0.